The lowest BCUT2D eigenvalue weighted by atomic mass is 10.0. The monoisotopic (exact) mass is 239 g/mol. The quantitative estimate of drug-likeness (QED) is 0.733. The van der Waals surface area contributed by atoms with E-state index in [1.54, 1.807) is 25.3 Å². The smallest absolute Gasteiger partial charge is 0.120 e. The van der Waals surface area contributed by atoms with Gasteiger partial charge in [0.05, 0.1) is 13.7 Å². The van der Waals surface area contributed by atoms with Gasteiger partial charge in [-0.3, -0.25) is 0 Å². The third kappa shape index (κ3) is 3.61. The summed E-state index contributed by atoms with van der Waals surface area (Å²) in [5.41, 5.74) is 0.362. The standard InChI is InChI=1S/C13H21NO3/c1-9(14-13(2,3)8-15)11-7-10(17-4)5-6-12(11)16/h5-7,9,14-16H,8H2,1-4H3. The Morgan fingerprint density at radius 2 is 2.06 bits per heavy atom. The second-order valence-electron chi connectivity index (χ2n) is 4.83. The largest absolute Gasteiger partial charge is 0.508 e. The highest BCUT2D eigenvalue weighted by Gasteiger charge is 2.21. The van der Waals surface area contributed by atoms with Gasteiger partial charge >= 0.3 is 0 Å². The third-order valence-electron chi connectivity index (χ3n) is 2.70. The van der Waals surface area contributed by atoms with Gasteiger partial charge < -0.3 is 20.3 Å². The fraction of sp³-hybridized carbons (Fsp3) is 0.538. The number of ether oxygens (including phenoxy) is 1. The molecule has 0 aromatic heterocycles. The summed E-state index contributed by atoms with van der Waals surface area (Å²) in [6, 6.07) is 5.04. The second kappa shape index (κ2) is 5.38. The van der Waals surface area contributed by atoms with Crippen molar-refractivity contribution in [2.45, 2.75) is 32.4 Å². The predicted octanol–water partition coefficient (Wildman–Crippen LogP) is 1.82. The van der Waals surface area contributed by atoms with Crippen LogP contribution in [0.2, 0.25) is 0 Å². The molecule has 0 aliphatic heterocycles. The maximum atomic E-state index is 9.81. The van der Waals surface area contributed by atoms with Gasteiger partial charge in [0.2, 0.25) is 0 Å². The van der Waals surface area contributed by atoms with E-state index in [4.69, 9.17) is 4.74 Å². The van der Waals surface area contributed by atoms with Crippen LogP contribution in [0, 0.1) is 0 Å². The van der Waals surface area contributed by atoms with Crippen molar-refractivity contribution in [1.29, 1.82) is 0 Å². The summed E-state index contributed by atoms with van der Waals surface area (Å²) in [4.78, 5) is 0. The van der Waals surface area contributed by atoms with Crippen molar-refractivity contribution < 1.29 is 14.9 Å². The van der Waals surface area contributed by atoms with Crippen molar-refractivity contribution in [3.63, 3.8) is 0 Å². The minimum atomic E-state index is -0.394. The van der Waals surface area contributed by atoms with Crippen molar-refractivity contribution in [2.75, 3.05) is 13.7 Å². The minimum absolute atomic E-state index is 0.0298. The average Bonchev–Trinajstić information content (AvgIpc) is 2.29. The molecular weight excluding hydrogens is 218 g/mol. The molecule has 0 aliphatic carbocycles. The number of aromatic hydroxyl groups is 1. The van der Waals surface area contributed by atoms with E-state index in [0.717, 1.165) is 5.56 Å². The molecule has 1 aromatic rings. The van der Waals surface area contributed by atoms with E-state index in [9.17, 15) is 10.2 Å². The Labute approximate surface area is 102 Å². The Morgan fingerprint density at radius 1 is 1.41 bits per heavy atom. The van der Waals surface area contributed by atoms with Crippen molar-refractivity contribution in [1.82, 2.24) is 5.32 Å². The van der Waals surface area contributed by atoms with E-state index in [2.05, 4.69) is 5.32 Å². The minimum Gasteiger partial charge on any atom is -0.508 e. The van der Waals surface area contributed by atoms with Crippen LogP contribution in [0.4, 0.5) is 0 Å². The molecule has 0 saturated carbocycles. The molecule has 1 unspecified atom stereocenters. The summed E-state index contributed by atoms with van der Waals surface area (Å²) in [6.07, 6.45) is 0. The fourth-order valence-electron chi connectivity index (χ4n) is 1.72. The molecule has 3 N–H and O–H groups in total. The van der Waals surface area contributed by atoms with E-state index in [-0.39, 0.29) is 18.4 Å². The molecule has 0 saturated heterocycles. The maximum absolute atomic E-state index is 9.81. The second-order valence-corrected chi connectivity index (χ2v) is 4.83. The maximum Gasteiger partial charge on any atom is 0.120 e. The SMILES string of the molecule is COc1ccc(O)c(C(C)NC(C)(C)CO)c1. The van der Waals surface area contributed by atoms with E-state index in [1.807, 2.05) is 20.8 Å². The highest BCUT2D eigenvalue weighted by atomic mass is 16.5. The molecule has 17 heavy (non-hydrogen) atoms. The molecule has 4 heteroatoms. The zero-order chi connectivity index (χ0) is 13.1. The first-order valence-electron chi connectivity index (χ1n) is 5.65. The highest BCUT2D eigenvalue weighted by molar-refractivity contribution is 5.41. The van der Waals surface area contributed by atoms with Gasteiger partial charge in [-0.25, -0.2) is 0 Å². The number of aliphatic hydroxyl groups is 1. The Kier molecular flexibility index (Phi) is 4.37. The Balaban J connectivity index is 2.91. The predicted molar refractivity (Wildman–Crippen MR) is 67.4 cm³/mol. The van der Waals surface area contributed by atoms with Gasteiger partial charge in [0.1, 0.15) is 11.5 Å². The Bertz CT molecular complexity index is 377. The van der Waals surface area contributed by atoms with E-state index in [1.165, 1.54) is 0 Å². The lowest BCUT2D eigenvalue weighted by molar-refractivity contribution is 0.177. The molecule has 0 aliphatic rings. The summed E-state index contributed by atoms with van der Waals surface area (Å²) < 4.78 is 5.13. The van der Waals surface area contributed by atoms with Crippen molar-refractivity contribution in [3.8, 4) is 11.5 Å². The van der Waals surface area contributed by atoms with Crippen LogP contribution in [-0.4, -0.2) is 29.5 Å². The number of benzene rings is 1. The first kappa shape index (κ1) is 13.8. The number of rotatable bonds is 5. The van der Waals surface area contributed by atoms with Crippen molar-refractivity contribution in [2.24, 2.45) is 0 Å². The number of hydrogen-bond donors (Lipinski definition) is 3. The lowest BCUT2D eigenvalue weighted by Gasteiger charge is -2.28. The van der Waals surface area contributed by atoms with Gasteiger partial charge in [0, 0.05) is 17.1 Å². The van der Waals surface area contributed by atoms with E-state index >= 15 is 0 Å². The van der Waals surface area contributed by atoms with Crippen LogP contribution in [0.15, 0.2) is 18.2 Å². The zero-order valence-electron chi connectivity index (χ0n) is 10.8. The topological polar surface area (TPSA) is 61.7 Å². The van der Waals surface area contributed by atoms with Crippen LogP contribution < -0.4 is 10.1 Å². The van der Waals surface area contributed by atoms with Crippen LogP contribution in [-0.2, 0) is 0 Å². The fourth-order valence-corrected chi connectivity index (χ4v) is 1.72. The molecule has 0 bridgehead atoms. The van der Waals surface area contributed by atoms with E-state index in [0.29, 0.717) is 5.75 Å². The molecule has 0 radical (unpaired) electrons. The molecule has 0 spiro atoms. The Morgan fingerprint density at radius 3 is 2.59 bits per heavy atom. The molecule has 0 amide bonds. The lowest BCUT2D eigenvalue weighted by Crippen LogP contribution is -2.43. The first-order chi connectivity index (χ1) is 7.89. The van der Waals surface area contributed by atoms with Gasteiger partial charge in [0.25, 0.3) is 0 Å². The molecule has 96 valence electrons. The highest BCUT2D eigenvalue weighted by Crippen LogP contribution is 2.29. The molecule has 1 atom stereocenters. The molecule has 1 rings (SSSR count). The summed E-state index contributed by atoms with van der Waals surface area (Å²) in [7, 11) is 1.59. The van der Waals surface area contributed by atoms with Crippen LogP contribution in [0.3, 0.4) is 0 Å². The number of hydrogen-bond acceptors (Lipinski definition) is 4. The van der Waals surface area contributed by atoms with Gasteiger partial charge in [-0.05, 0) is 39.0 Å². The van der Waals surface area contributed by atoms with Crippen LogP contribution in [0.1, 0.15) is 32.4 Å². The summed E-state index contributed by atoms with van der Waals surface area (Å²) in [6.45, 7) is 5.77. The molecule has 0 heterocycles. The summed E-state index contributed by atoms with van der Waals surface area (Å²) in [5, 5.41) is 22.3. The average molecular weight is 239 g/mol. The first-order valence-corrected chi connectivity index (χ1v) is 5.65. The van der Waals surface area contributed by atoms with Gasteiger partial charge in [-0.15, -0.1) is 0 Å². The van der Waals surface area contributed by atoms with Crippen molar-refractivity contribution >= 4 is 0 Å². The van der Waals surface area contributed by atoms with Crippen molar-refractivity contribution in [3.05, 3.63) is 23.8 Å². The van der Waals surface area contributed by atoms with Crippen LogP contribution in [0.25, 0.3) is 0 Å². The van der Waals surface area contributed by atoms with Crippen LogP contribution in [0.5, 0.6) is 11.5 Å². The number of phenolic OH excluding ortho intramolecular Hbond substituents is 1. The number of nitrogens with one attached hydrogen (secondary N) is 1. The van der Waals surface area contributed by atoms with Crippen LogP contribution >= 0.6 is 0 Å². The normalized spacial score (nSPS) is 13.5. The number of methoxy groups -OCH3 is 1. The number of aliphatic hydroxyl groups excluding tert-OH is 1. The molecule has 0 fully saturated rings. The summed E-state index contributed by atoms with van der Waals surface area (Å²) >= 11 is 0. The molecular formula is C13H21NO3. The van der Waals surface area contributed by atoms with Gasteiger partial charge in [-0.2, -0.15) is 0 Å². The van der Waals surface area contributed by atoms with Gasteiger partial charge in [0.15, 0.2) is 0 Å². The van der Waals surface area contributed by atoms with Gasteiger partial charge in [-0.1, -0.05) is 0 Å². The zero-order valence-corrected chi connectivity index (χ0v) is 10.8. The summed E-state index contributed by atoms with van der Waals surface area (Å²) in [5.74, 6) is 0.924. The molecule has 1 aromatic carbocycles. The molecule has 4 nitrogen and oxygen atoms in total. The third-order valence-corrected chi connectivity index (χ3v) is 2.70. The number of phenols is 1. The van der Waals surface area contributed by atoms with E-state index < -0.39 is 5.54 Å². The Hall–Kier alpha value is -1.26.